The minimum Gasteiger partial charge on any atom is -0.434 e. The van der Waals surface area contributed by atoms with Gasteiger partial charge in [0.05, 0.1) is 12.6 Å². The Morgan fingerprint density at radius 1 is 1.16 bits per heavy atom. The number of rotatable bonds is 8. The molecule has 0 heterocycles. The first kappa shape index (κ1) is 18.9. The van der Waals surface area contributed by atoms with Gasteiger partial charge in [0.25, 0.3) is 5.91 Å². The second-order valence-corrected chi connectivity index (χ2v) is 5.48. The van der Waals surface area contributed by atoms with Crippen molar-refractivity contribution in [3.05, 3.63) is 65.2 Å². The van der Waals surface area contributed by atoms with Gasteiger partial charge in [-0.25, -0.2) is 0 Å². The van der Waals surface area contributed by atoms with Crippen LogP contribution in [0.5, 0.6) is 5.75 Å². The average Bonchev–Trinajstić information content (AvgIpc) is 2.60. The molecule has 0 unspecified atom stereocenters. The lowest BCUT2D eigenvalue weighted by Gasteiger charge is -2.20. The number of hydrogen-bond donors (Lipinski definition) is 1. The molecule has 1 N–H and O–H groups in total. The first-order chi connectivity index (χ1) is 12.0. The van der Waals surface area contributed by atoms with Gasteiger partial charge in [-0.3, -0.25) is 4.79 Å². The van der Waals surface area contributed by atoms with Gasteiger partial charge in [0, 0.05) is 18.2 Å². The van der Waals surface area contributed by atoms with E-state index < -0.39 is 12.7 Å². The van der Waals surface area contributed by atoms with Crippen molar-refractivity contribution >= 4 is 5.91 Å². The summed E-state index contributed by atoms with van der Waals surface area (Å²) in [7, 11) is 1.58. The maximum atomic E-state index is 12.6. The van der Waals surface area contributed by atoms with Gasteiger partial charge in [-0.15, -0.1) is 0 Å². The lowest BCUT2D eigenvalue weighted by molar-refractivity contribution is -0.0506. The molecule has 0 spiro atoms. The van der Waals surface area contributed by atoms with Crippen LogP contribution < -0.4 is 10.1 Å². The van der Waals surface area contributed by atoms with E-state index >= 15 is 0 Å². The van der Waals surface area contributed by atoms with Crippen LogP contribution in [0.3, 0.4) is 0 Å². The van der Waals surface area contributed by atoms with Gasteiger partial charge in [0.15, 0.2) is 0 Å². The zero-order valence-corrected chi connectivity index (χ0v) is 14.2. The van der Waals surface area contributed by atoms with Gasteiger partial charge in [0.1, 0.15) is 5.75 Å². The zero-order chi connectivity index (χ0) is 18.2. The monoisotopic (exact) mass is 349 g/mol. The molecular weight excluding hydrogens is 328 g/mol. The SMILES string of the molecule is CC[C@H](NC(=O)c1cccc(COC)c1)c1ccccc1OC(F)F. The molecular formula is C19H21F2NO3. The summed E-state index contributed by atoms with van der Waals surface area (Å²) >= 11 is 0. The molecule has 25 heavy (non-hydrogen) atoms. The predicted octanol–water partition coefficient (Wildman–Crippen LogP) is 4.32. The smallest absolute Gasteiger partial charge is 0.387 e. The van der Waals surface area contributed by atoms with Gasteiger partial charge in [0.2, 0.25) is 0 Å². The average molecular weight is 349 g/mol. The molecule has 6 heteroatoms. The van der Waals surface area contributed by atoms with E-state index in [9.17, 15) is 13.6 Å². The quantitative estimate of drug-likeness (QED) is 0.772. The van der Waals surface area contributed by atoms with Crippen LogP contribution in [-0.4, -0.2) is 19.6 Å². The molecule has 0 aliphatic carbocycles. The minimum atomic E-state index is -2.92. The van der Waals surface area contributed by atoms with Crippen LogP contribution in [-0.2, 0) is 11.3 Å². The Kier molecular flexibility index (Phi) is 6.89. The lowest BCUT2D eigenvalue weighted by Crippen LogP contribution is -2.28. The summed E-state index contributed by atoms with van der Waals surface area (Å²) in [4.78, 5) is 12.5. The van der Waals surface area contributed by atoms with Crippen LogP contribution in [0.25, 0.3) is 0 Å². The molecule has 0 aliphatic heterocycles. The molecule has 2 aromatic rings. The summed E-state index contributed by atoms with van der Waals surface area (Å²) in [6.07, 6.45) is 0.535. The van der Waals surface area contributed by atoms with E-state index in [0.717, 1.165) is 5.56 Å². The minimum absolute atomic E-state index is 0.0674. The largest absolute Gasteiger partial charge is 0.434 e. The lowest BCUT2D eigenvalue weighted by atomic mass is 10.0. The standard InChI is InChI=1S/C19H21F2NO3/c1-3-16(15-9-4-5-10-17(15)25-19(20)21)22-18(23)14-8-6-7-13(11-14)12-24-2/h4-11,16,19H,3,12H2,1-2H3,(H,22,23)/t16-/m0/s1. The summed E-state index contributed by atoms with van der Waals surface area (Å²) < 4.78 is 34.8. The molecule has 1 amide bonds. The third kappa shape index (κ3) is 5.26. The molecule has 0 fully saturated rings. The maximum Gasteiger partial charge on any atom is 0.387 e. The van der Waals surface area contributed by atoms with E-state index in [4.69, 9.17) is 4.74 Å². The predicted molar refractivity (Wildman–Crippen MR) is 90.7 cm³/mol. The number of nitrogens with one attached hydrogen (secondary N) is 1. The first-order valence-corrected chi connectivity index (χ1v) is 7.97. The topological polar surface area (TPSA) is 47.6 Å². The van der Waals surface area contributed by atoms with Gasteiger partial charge < -0.3 is 14.8 Å². The third-order valence-corrected chi connectivity index (χ3v) is 3.72. The molecule has 0 radical (unpaired) electrons. The number of methoxy groups -OCH3 is 1. The Morgan fingerprint density at radius 3 is 2.60 bits per heavy atom. The molecule has 0 saturated heterocycles. The van der Waals surface area contributed by atoms with E-state index in [1.807, 2.05) is 13.0 Å². The number of amides is 1. The number of alkyl halides is 2. The molecule has 2 rings (SSSR count). The van der Waals surface area contributed by atoms with Crippen LogP contribution in [0.1, 0.15) is 40.9 Å². The number of benzene rings is 2. The van der Waals surface area contributed by atoms with Crippen LogP contribution in [0.2, 0.25) is 0 Å². The van der Waals surface area contributed by atoms with E-state index in [1.165, 1.54) is 6.07 Å². The van der Waals surface area contributed by atoms with Crippen LogP contribution in [0, 0.1) is 0 Å². The number of hydrogen-bond acceptors (Lipinski definition) is 3. The Labute approximate surface area is 145 Å². The van der Waals surface area contributed by atoms with Crippen molar-refractivity contribution in [2.45, 2.75) is 32.6 Å². The molecule has 1 atom stereocenters. The van der Waals surface area contributed by atoms with Gasteiger partial charge in [-0.1, -0.05) is 37.3 Å². The fourth-order valence-electron chi connectivity index (χ4n) is 2.58. The second-order valence-electron chi connectivity index (χ2n) is 5.48. The van der Waals surface area contributed by atoms with Crippen molar-refractivity contribution in [1.29, 1.82) is 0 Å². The van der Waals surface area contributed by atoms with Crippen molar-refractivity contribution in [3.63, 3.8) is 0 Å². The molecule has 0 aromatic heterocycles. The highest BCUT2D eigenvalue weighted by atomic mass is 19.3. The summed E-state index contributed by atoms with van der Waals surface area (Å²) in [5.41, 5.74) is 1.89. The summed E-state index contributed by atoms with van der Waals surface area (Å²) in [6, 6.07) is 13.1. The number of carbonyl (C=O) groups excluding carboxylic acids is 1. The number of ether oxygens (including phenoxy) is 2. The highest BCUT2D eigenvalue weighted by Crippen LogP contribution is 2.28. The molecule has 4 nitrogen and oxygen atoms in total. The Balaban J connectivity index is 2.19. The molecule has 2 aromatic carbocycles. The fourth-order valence-corrected chi connectivity index (χ4v) is 2.58. The van der Waals surface area contributed by atoms with Crippen LogP contribution >= 0.6 is 0 Å². The second kappa shape index (κ2) is 9.13. The summed E-state index contributed by atoms with van der Waals surface area (Å²) in [5.74, 6) is -0.213. The van der Waals surface area contributed by atoms with Crippen molar-refractivity contribution in [3.8, 4) is 5.75 Å². The van der Waals surface area contributed by atoms with Crippen molar-refractivity contribution in [1.82, 2.24) is 5.32 Å². The van der Waals surface area contributed by atoms with Gasteiger partial charge in [-0.05, 0) is 30.2 Å². The molecule has 134 valence electrons. The third-order valence-electron chi connectivity index (χ3n) is 3.72. The number of halogens is 2. The Hall–Kier alpha value is -2.47. The normalized spacial score (nSPS) is 12.0. The van der Waals surface area contributed by atoms with Gasteiger partial charge in [-0.2, -0.15) is 8.78 Å². The first-order valence-electron chi connectivity index (χ1n) is 7.97. The van der Waals surface area contributed by atoms with Gasteiger partial charge >= 0.3 is 6.61 Å². The molecule has 0 saturated carbocycles. The summed E-state index contributed by atoms with van der Waals surface area (Å²) in [5, 5.41) is 2.88. The van der Waals surface area contributed by atoms with E-state index in [1.54, 1.807) is 43.5 Å². The number of carbonyl (C=O) groups is 1. The van der Waals surface area contributed by atoms with E-state index in [2.05, 4.69) is 10.1 Å². The van der Waals surface area contributed by atoms with E-state index in [0.29, 0.717) is 24.2 Å². The van der Waals surface area contributed by atoms with E-state index in [-0.39, 0.29) is 11.7 Å². The highest BCUT2D eigenvalue weighted by molar-refractivity contribution is 5.94. The fraction of sp³-hybridized carbons (Fsp3) is 0.316. The van der Waals surface area contributed by atoms with Crippen LogP contribution in [0.15, 0.2) is 48.5 Å². The highest BCUT2D eigenvalue weighted by Gasteiger charge is 2.19. The van der Waals surface area contributed by atoms with Crippen molar-refractivity contribution in [2.24, 2.45) is 0 Å². The van der Waals surface area contributed by atoms with Crippen molar-refractivity contribution in [2.75, 3.05) is 7.11 Å². The zero-order valence-electron chi connectivity index (χ0n) is 14.2. The molecule has 0 aliphatic rings. The molecule has 0 bridgehead atoms. The maximum absolute atomic E-state index is 12.6. The van der Waals surface area contributed by atoms with Crippen LogP contribution in [0.4, 0.5) is 8.78 Å². The van der Waals surface area contributed by atoms with Crippen molar-refractivity contribution < 1.29 is 23.0 Å². The Morgan fingerprint density at radius 2 is 1.92 bits per heavy atom. The summed E-state index contributed by atoms with van der Waals surface area (Å²) in [6.45, 7) is -0.644. The number of para-hydroxylation sites is 1. The Bertz CT molecular complexity index is 707.